The van der Waals surface area contributed by atoms with Gasteiger partial charge in [-0.3, -0.25) is 0 Å². The fraction of sp³-hybridized carbons (Fsp3) is 0.200. The first-order chi connectivity index (χ1) is 11.2. The van der Waals surface area contributed by atoms with E-state index in [1.54, 1.807) is 0 Å². The molecule has 0 spiro atoms. The van der Waals surface area contributed by atoms with E-state index in [1.165, 1.54) is 0 Å². The fourth-order valence-corrected chi connectivity index (χ4v) is 2.79. The number of aryl methyl sites for hydroxylation is 1. The van der Waals surface area contributed by atoms with Gasteiger partial charge in [-0.25, -0.2) is 0 Å². The van der Waals surface area contributed by atoms with Crippen LogP contribution in [0.3, 0.4) is 0 Å². The number of anilines is 1. The van der Waals surface area contributed by atoms with Crippen molar-refractivity contribution >= 4 is 5.88 Å². The smallest absolute Gasteiger partial charge is 0.205 e. The number of rotatable bonds is 4. The second kappa shape index (κ2) is 5.51. The Morgan fingerprint density at radius 3 is 2.43 bits per heavy atom. The van der Waals surface area contributed by atoms with Gasteiger partial charge in [-0.1, -0.05) is 60.2 Å². The highest BCUT2D eigenvalue weighted by Gasteiger charge is 2.28. The monoisotopic (exact) mass is 305 g/mol. The summed E-state index contributed by atoms with van der Waals surface area (Å²) in [6, 6.07) is 18.3. The van der Waals surface area contributed by atoms with E-state index in [1.807, 2.05) is 55.5 Å². The molecule has 0 atom stereocenters. The maximum absolute atomic E-state index is 10.8. The van der Waals surface area contributed by atoms with E-state index in [4.69, 9.17) is 4.42 Å². The zero-order chi connectivity index (χ0) is 15.8. The summed E-state index contributed by atoms with van der Waals surface area (Å²) < 4.78 is 6.02. The lowest BCUT2D eigenvalue weighted by atomic mass is 10.0. The van der Waals surface area contributed by atoms with Gasteiger partial charge in [-0.15, -0.1) is 0 Å². The minimum absolute atomic E-state index is 0.199. The molecule has 2 aromatic carbocycles. The zero-order valence-corrected chi connectivity index (χ0v) is 13.0. The van der Waals surface area contributed by atoms with Crippen LogP contribution < -0.4 is 5.32 Å². The summed E-state index contributed by atoms with van der Waals surface area (Å²) in [6.45, 7) is 2.05. The summed E-state index contributed by atoms with van der Waals surface area (Å²) in [6.07, 6.45) is 2.30. The van der Waals surface area contributed by atoms with Crippen LogP contribution in [-0.4, -0.2) is 11.1 Å². The number of furan rings is 1. The second-order valence-corrected chi connectivity index (χ2v) is 6.14. The molecule has 116 valence electrons. The molecule has 1 heterocycles. The molecule has 2 N–H and O–H groups in total. The van der Waals surface area contributed by atoms with Crippen LogP contribution in [-0.2, 0) is 0 Å². The minimum atomic E-state index is 0.199. The van der Waals surface area contributed by atoms with Gasteiger partial charge in [0.05, 0.1) is 5.56 Å². The Morgan fingerprint density at radius 2 is 1.74 bits per heavy atom. The fourth-order valence-electron chi connectivity index (χ4n) is 2.79. The molecule has 4 rings (SSSR count). The van der Waals surface area contributed by atoms with E-state index in [0.29, 0.717) is 17.7 Å². The average molecular weight is 305 g/mol. The topological polar surface area (TPSA) is 45.4 Å². The van der Waals surface area contributed by atoms with E-state index in [0.717, 1.165) is 35.1 Å². The summed E-state index contributed by atoms with van der Waals surface area (Å²) in [4.78, 5) is 0. The summed E-state index contributed by atoms with van der Waals surface area (Å²) in [5.41, 5.74) is 3.75. The third-order valence-corrected chi connectivity index (χ3v) is 4.14. The van der Waals surface area contributed by atoms with Crippen molar-refractivity contribution < 1.29 is 9.52 Å². The zero-order valence-electron chi connectivity index (χ0n) is 13.0. The van der Waals surface area contributed by atoms with Crippen LogP contribution in [0, 0.1) is 6.92 Å². The highest BCUT2D eigenvalue weighted by molar-refractivity contribution is 5.87. The van der Waals surface area contributed by atoms with Crippen molar-refractivity contribution in [2.45, 2.75) is 25.8 Å². The van der Waals surface area contributed by atoms with Crippen molar-refractivity contribution in [3.05, 3.63) is 60.2 Å². The van der Waals surface area contributed by atoms with E-state index in [9.17, 15) is 5.11 Å². The van der Waals surface area contributed by atoms with Crippen LogP contribution in [0.25, 0.3) is 22.5 Å². The van der Waals surface area contributed by atoms with Gasteiger partial charge in [0.1, 0.15) is 0 Å². The quantitative estimate of drug-likeness (QED) is 0.696. The Bertz CT molecular complexity index is 832. The number of nitrogens with one attached hydrogen (secondary N) is 1. The largest absolute Gasteiger partial charge is 0.504 e. The molecular weight excluding hydrogens is 286 g/mol. The van der Waals surface area contributed by atoms with Crippen LogP contribution in [0.1, 0.15) is 18.4 Å². The third kappa shape index (κ3) is 2.70. The molecule has 0 radical (unpaired) electrons. The van der Waals surface area contributed by atoms with Gasteiger partial charge in [-0.05, 0) is 25.3 Å². The van der Waals surface area contributed by atoms with Crippen molar-refractivity contribution in [1.29, 1.82) is 0 Å². The highest BCUT2D eigenvalue weighted by Crippen LogP contribution is 2.47. The molecule has 0 aliphatic heterocycles. The Hall–Kier alpha value is -2.68. The van der Waals surface area contributed by atoms with Gasteiger partial charge in [0.15, 0.2) is 11.5 Å². The predicted molar refractivity (Wildman–Crippen MR) is 92.6 cm³/mol. The maximum Gasteiger partial charge on any atom is 0.205 e. The van der Waals surface area contributed by atoms with Crippen LogP contribution in [0.15, 0.2) is 59.0 Å². The van der Waals surface area contributed by atoms with Gasteiger partial charge >= 0.3 is 0 Å². The lowest BCUT2D eigenvalue weighted by Gasteiger charge is -2.05. The standard InChI is InChI=1S/C20H19NO2/c1-13-6-5-9-15(12-13)17-18(22)19(14-7-3-2-4-8-14)23-20(17)21-16-10-11-16/h2-9,12,16,21-22H,10-11H2,1H3. The van der Waals surface area contributed by atoms with Gasteiger partial charge in [0.2, 0.25) is 5.88 Å². The van der Waals surface area contributed by atoms with E-state index in [-0.39, 0.29) is 5.75 Å². The second-order valence-electron chi connectivity index (χ2n) is 6.14. The first-order valence-electron chi connectivity index (χ1n) is 7.97. The molecule has 0 bridgehead atoms. The number of hydrogen-bond donors (Lipinski definition) is 2. The molecule has 0 amide bonds. The molecule has 1 fully saturated rings. The molecule has 1 aliphatic carbocycles. The van der Waals surface area contributed by atoms with Crippen molar-refractivity contribution in [2.24, 2.45) is 0 Å². The molecule has 3 aromatic rings. The lowest BCUT2D eigenvalue weighted by Crippen LogP contribution is -2.00. The van der Waals surface area contributed by atoms with E-state index >= 15 is 0 Å². The SMILES string of the molecule is Cc1cccc(-c2c(NC3CC3)oc(-c3ccccc3)c2O)c1. The van der Waals surface area contributed by atoms with Gasteiger partial charge in [-0.2, -0.15) is 0 Å². The van der Waals surface area contributed by atoms with E-state index in [2.05, 4.69) is 11.4 Å². The molecule has 1 saturated carbocycles. The van der Waals surface area contributed by atoms with Crippen molar-refractivity contribution in [1.82, 2.24) is 0 Å². The highest BCUT2D eigenvalue weighted by atomic mass is 16.4. The molecule has 3 nitrogen and oxygen atoms in total. The van der Waals surface area contributed by atoms with Crippen molar-refractivity contribution in [3.63, 3.8) is 0 Å². The third-order valence-electron chi connectivity index (χ3n) is 4.14. The Balaban J connectivity index is 1.87. The van der Waals surface area contributed by atoms with Crippen LogP contribution >= 0.6 is 0 Å². The molecule has 3 heteroatoms. The number of benzene rings is 2. The summed E-state index contributed by atoms with van der Waals surface area (Å²) in [7, 11) is 0. The summed E-state index contributed by atoms with van der Waals surface area (Å²) in [5, 5.41) is 14.2. The molecule has 1 aliphatic rings. The van der Waals surface area contributed by atoms with Crippen LogP contribution in [0.5, 0.6) is 5.75 Å². The van der Waals surface area contributed by atoms with Crippen molar-refractivity contribution in [3.8, 4) is 28.2 Å². The molecule has 0 saturated heterocycles. The minimum Gasteiger partial charge on any atom is -0.504 e. The van der Waals surface area contributed by atoms with Gasteiger partial charge < -0.3 is 14.8 Å². The Labute approximate surface area is 135 Å². The maximum atomic E-state index is 10.8. The van der Waals surface area contributed by atoms with Crippen LogP contribution in [0.2, 0.25) is 0 Å². The predicted octanol–water partition coefficient (Wildman–Crippen LogP) is 5.20. The first-order valence-corrected chi connectivity index (χ1v) is 7.97. The molecule has 23 heavy (non-hydrogen) atoms. The molecule has 0 unspecified atom stereocenters. The van der Waals surface area contributed by atoms with Gasteiger partial charge in [0, 0.05) is 11.6 Å². The number of aromatic hydroxyl groups is 1. The Morgan fingerprint density at radius 1 is 1.00 bits per heavy atom. The molecular formula is C20H19NO2. The van der Waals surface area contributed by atoms with E-state index < -0.39 is 0 Å². The molecule has 1 aromatic heterocycles. The Kier molecular flexibility index (Phi) is 3.34. The number of hydrogen-bond acceptors (Lipinski definition) is 3. The normalized spacial score (nSPS) is 14.0. The van der Waals surface area contributed by atoms with Crippen molar-refractivity contribution in [2.75, 3.05) is 5.32 Å². The van der Waals surface area contributed by atoms with Crippen LogP contribution in [0.4, 0.5) is 5.88 Å². The summed E-state index contributed by atoms with van der Waals surface area (Å²) >= 11 is 0. The average Bonchev–Trinajstić information content (AvgIpc) is 3.31. The van der Waals surface area contributed by atoms with Gasteiger partial charge in [0.25, 0.3) is 0 Å². The first kappa shape index (κ1) is 13.9. The lowest BCUT2D eigenvalue weighted by molar-refractivity contribution is 0.466. The summed E-state index contributed by atoms with van der Waals surface area (Å²) in [5.74, 6) is 1.38.